The molecule has 1 amide bonds. The van der Waals surface area contributed by atoms with E-state index in [0.717, 1.165) is 6.07 Å². The molecule has 10 heteroatoms. The molecule has 0 aliphatic rings. The highest BCUT2D eigenvalue weighted by Crippen LogP contribution is 2.22. The van der Waals surface area contributed by atoms with Crippen LogP contribution in [0.2, 0.25) is 0 Å². The predicted molar refractivity (Wildman–Crippen MR) is 80.4 cm³/mol. The van der Waals surface area contributed by atoms with Crippen molar-refractivity contribution in [3.05, 3.63) is 65.9 Å². The van der Waals surface area contributed by atoms with Crippen molar-refractivity contribution in [1.82, 2.24) is 19.7 Å². The van der Waals surface area contributed by atoms with Crippen LogP contribution in [0.25, 0.3) is 5.82 Å². The van der Waals surface area contributed by atoms with Crippen molar-refractivity contribution in [2.24, 2.45) is 0 Å². The number of carbonyl (C=O) groups is 2. The zero-order valence-electron chi connectivity index (χ0n) is 12.3. The van der Waals surface area contributed by atoms with Crippen LogP contribution in [-0.2, 0) is 0 Å². The Kier molecular flexibility index (Phi) is 4.16. The lowest BCUT2D eigenvalue weighted by Crippen LogP contribution is -2.18. The zero-order valence-corrected chi connectivity index (χ0v) is 12.3. The van der Waals surface area contributed by atoms with Gasteiger partial charge in [0.15, 0.2) is 23.1 Å². The van der Waals surface area contributed by atoms with E-state index in [2.05, 4.69) is 20.5 Å². The first-order chi connectivity index (χ1) is 12.0. The number of carbonyl (C=O) groups excluding carboxylic acids is 1. The van der Waals surface area contributed by atoms with Crippen LogP contribution in [0.1, 0.15) is 20.8 Å². The summed E-state index contributed by atoms with van der Waals surface area (Å²) in [6, 6.07) is 4.50. The van der Waals surface area contributed by atoms with Gasteiger partial charge in [-0.2, -0.15) is 0 Å². The number of benzene rings is 1. The summed E-state index contributed by atoms with van der Waals surface area (Å²) in [5.74, 6) is -5.02. The highest BCUT2D eigenvalue weighted by atomic mass is 19.2. The van der Waals surface area contributed by atoms with Crippen LogP contribution in [0.5, 0.6) is 0 Å². The fourth-order valence-corrected chi connectivity index (χ4v) is 2.03. The lowest BCUT2D eigenvalue weighted by atomic mass is 10.1. The molecular weight excluding hydrogens is 336 g/mol. The number of amides is 1. The monoisotopic (exact) mass is 345 g/mol. The fourth-order valence-electron chi connectivity index (χ4n) is 2.03. The van der Waals surface area contributed by atoms with Crippen LogP contribution in [0, 0.1) is 11.6 Å². The molecule has 8 nitrogen and oxygen atoms in total. The summed E-state index contributed by atoms with van der Waals surface area (Å²) in [6.07, 6.45) is 4.66. The average molecular weight is 345 g/mol. The van der Waals surface area contributed by atoms with E-state index >= 15 is 0 Å². The minimum absolute atomic E-state index is 0.134. The number of halogens is 2. The van der Waals surface area contributed by atoms with Crippen molar-refractivity contribution in [3.8, 4) is 5.82 Å². The molecular formula is C15H9F2N5O3. The Hall–Kier alpha value is -3.69. The Morgan fingerprint density at radius 2 is 1.92 bits per heavy atom. The van der Waals surface area contributed by atoms with Gasteiger partial charge in [0.05, 0.1) is 5.69 Å². The average Bonchev–Trinajstić information content (AvgIpc) is 3.12. The van der Waals surface area contributed by atoms with Crippen LogP contribution in [-0.4, -0.2) is 36.7 Å². The number of anilines is 1. The molecule has 0 unspecified atom stereocenters. The number of rotatable bonds is 4. The van der Waals surface area contributed by atoms with Crippen molar-refractivity contribution in [2.75, 3.05) is 5.32 Å². The molecule has 0 spiro atoms. The molecule has 25 heavy (non-hydrogen) atoms. The molecule has 2 aromatic heterocycles. The Balaban J connectivity index is 1.86. The second-order valence-corrected chi connectivity index (χ2v) is 4.79. The van der Waals surface area contributed by atoms with E-state index in [4.69, 9.17) is 5.11 Å². The maximum absolute atomic E-state index is 13.6. The summed E-state index contributed by atoms with van der Waals surface area (Å²) < 4.78 is 28.4. The largest absolute Gasteiger partial charge is 0.478 e. The van der Waals surface area contributed by atoms with E-state index in [1.54, 1.807) is 17.0 Å². The van der Waals surface area contributed by atoms with Gasteiger partial charge in [-0.25, -0.2) is 18.6 Å². The zero-order chi connectivity index (χ0) is 18.0. The third kappa shape index (κ3) is 3.17. The van der Waals surface area contributed by atoms with Gasteiger partial charge in [-0.1, -0.05) is 0 Å². The Morgan fingerprint density at radius 3 is 2.52 bits per heavy atom. The molecule has 0 saturated carbocycles. The number of carboxylic acid groups (broad SMARTS) is 1. The quantitative estimate of drug-likeness (QED) is 0.747. The molecule has 0 aliphatic heterocycles. The predicted octanol–water partition coefficient (Wildman–Crippen LogP) is 1.89. The van der Waals surface area contributed by atoms with E-state index < -0.39 is 34.8 Å². The van der Waals surface area contributed by atoms with Gasteiger partial charge >= 0.3 is 5.97 Å². The molecule has 0 radical (unpaired) electrons. The molecule has 3 rings (SSSR count). The second-order valence-electron chi connectivity index (χ2n) is 4.79. The number of aromatic carboxylic acids is 1. The van der Waals surface area contributed by atoms with Gasteiger partial charge in [-0.3, -0.25) is 9.36 Å². The molecule has 0 aliphatic carbocycles. The summed E-state index contributed by atoms with van der Waals surface area (Å²) in [5.41, 5.74) is -1.50. The third-order valence-electron chi connectivity index (χ3n) is 3.21. The first-order valence-electron chi connectivity index (χ1n) is 6.82. The highest BCUT2D eigenvalue weighted by Gasteiger charge is 2.22. The van der Waals surface area contributed by atoms with Gasteiger partial charge in [-0.05, 0) is 24.3 Å². The molecule has 0 saturated heterocycles. The summed E-state index contributed by atoms with van der Waals surface area (Å²) in [6.45, 7) is 0. The normalized spacial score (nSPS) is 10.5. The molecule has 3 aromatic rings. The van der Waals surface area contributed by atoms with E-state index in [0.29, 0.717) is 11.9 Å². The minimum Gasteiger partial charge on any atom is -0.478 e. The Bertz CT molecular complexity index is 943. The molecule has 0 atom stereocenters. The number of nitrogens with one attached hydrogen (secondary N) is 1. The van der Waals surface area contributed by atoms with E-state index in [1.807, 2.05) is 0 Å². The number of aromatic nitrogens is 4. The summed E-state index contributed by atoms with van der Waals surface area (Å²) in [5, 5.41) is 18.7. The number of imidazole rings is 1. The van der Waals surface area contributed by atoms with Crippen LogP contribution < -0.4 is 5.32 Å². The Morgan fingerprint density at radius 1 is 1.12 bits per heavy atom. The van der Waals surface area contributed by atoms with Gasteiger partial charge in [0.2, 0.25) is 0 Å². The second kappa shape index (κ2) is 6.43. The molecule has 126 valence electrons. The molecule has 2 N–H and O–H groups in total. The van der Waals surface area contributed by atoms with E-state index in [9.17, 15) is 18.4 Å². The highest BCUT2D eigenvalue weighted by molar-refractivity contribution is 6.06. The molecule has 1 aromatic carbocycles. The van der Waals surface area contributed by atoms with Gasteiger partial charge < -0.3 is 10.4 Å². The summed E-state index contributed by atoms with van der Waals surface area (Å²) in [4.78, 5) is 27.1. The van der Waals surface area contributed by atoms with Crippen molar-refractivity contribution in [1.29, 1.82) is 0 Å². The molecule has 0 bridgehead atoms. The lowest BCUT2D eigenvalue weighted by Gasteiger charge is -2.09. The van der Waals surface area contributed by atoms with Crippen molar-refractivity contribution < 1.29 is 23.5 Å². The van der Waals surface area contributed by atoms with E-state index in [1.165, 1.54) is 18.5 Å². The van der Waals surface area contributed by atoms with Gasteiger partial charge in [0.1, 0.15) is 11.9 Å². The maximum Gasteiger partial charge on any atom is 0.340 e. The maximum atomic E-state index is 13.6. The lowest BCUT2D eigenvalue weighted by molar-refractivity contribution is 0.0692. The number of nitrogens with zero attached hydrogens (tertiary/aromatic N) is 4. The topological polar surface area (TPSA) is 110 Å². The third-order valence-corrected chi connectivity index (χ3v) is 3.21. The standard InChI is InChI=1S/C15H9F2N5O3/c16-8-1-2-9(12(13(8)17)15(24)25)19-14(23)10-3-4-11(21-20-10)22-6-5-18-7-22/h1-7H,(H,19,23)(H,24,25). The van der Waals surface area contributed by atoms with Gasteiger partial charge in [0.25, 0.3) is 5.91 Å². The van der Waals surface area contributed by atoms with Gasteiger partial charge in [-0.15, -0.1) is 10.2 Å². The van der Waals surface area contributed by atoms with E-state index in [-0.39, 0.29) is 5.69 Å². The van der Waals surface area contributed by atoms with Crippen LogP contribution in [0.15, 0.2) is 43.0 Å². The van der Waals surface area contributed by atoms with Crippen molar-refractivity contribution in [3.63, 3.8) is 0 Å². The fraction of sp³-hybridized carbons (Fsp3) is 0. The van der Waals surface area contributed by atoms with Crippen LogP contribution in [0.3, 0.4) is 0 Å². The van der Waals surface area contributed by atoms with Crippen molar-refractivity contribution in [2.45, 2.75) is 0 Å². The summed E-state index contributed by atoms with van der Waals surface area (Å²) >= 11 is 0. The number of carboxylic acids is 1. The van der Waals surface area contributed by atoms with Crippen LogP contribution in [0.4, 0.5) is 14.5 Å². The number of hydrogen-bond donors (Lipinski definition) is 2. The van der Waals surface area contributed by atoms with Crippen LogP contribution >= 0.6 is 0 Å². The van der Waals surface area contributed by atoms with Gasteiger partial charge in [0, 0.05) is 12.4 Å². The number of hydrogen-bond acceptors (Lipinski definition) is 5. The van der Waals surface area contributed by atoms with Crippen molar-refractivity contribution >= 4 is 17.6 Å². The first-order valence-corrected chi connectivity index (χ1v) is 6.82. The SMILES string of the molecule is O=C(Nc1ccc(F)c(F)c1C(=O)O)c1ccc(-n2ccnc2)nn1. The molecule has 0 fully saturated rings. The molecule has 2 heterocycles. The smallest absolute Gasteiger partial charge is 0.340 e. The minimum atomic E-state index is -1.71. The Labute approximate surface area is 138 Å². The first kappa shape index (κ1) is 16.2. The summed E-state index contributed by atoms with van der Waals surface area (Å²) in [7, 11) is 0.